The van der Waals surface area contributed by atoms with Gasteiger partial charge < -0.3 is 10.2 Å². The van der Waals surface area contributed by atoms with Gasteiger partial charge in [0.15, 0.2) is 0 Å². The molecule has 0 saturated heterocycles. The average Bonchev–Trinajstić information content (AvgIpc) is 2.43. The minimum Gasteiger partial charge on any atom is -0.480 e. The highest BCUT2D eigenvalue weighted by Crippen LogP contribution is 2.20. The van der Waals surface area contributed by atoms with Crippen molar-refractivity contribution in [3.05, 3.63) is 16.4 Å². The van der Waals surface area contributed by atoms with Gasteiger partial charge in [-0.2, -0.15) is 5.10 Å². The summed E-state index contributed by atoms with van der Waals surface area (Å²) in [4.78, 5) is 22.6. The van der Waals surface area contributed by atoms with Gasteiger partial charge >= 0.3 is 11.9 Å². The molecule has 0 spiro atoms. The SMILES string of the molecule is Cc1nn(C)c(Cl)c1CN(CC(=O)O)CC(=O)O. The van der Waals surface area contributed by atoms with Crippen molar-refractivity contribution in [1.82, 2.24) is 14.7 Å². The molecule has 18 heavy (non-hydrogen) atoms. The summed E-state index contributed by atoms with van der Waals surface area (Å²) in [6.45, 7) is 1.14. The summed E-state index contributed by atoms with van der Waals surface area (Å²) in [7, 11) is 1.66. The first kappa shape index (κ1) is 14.5. The van der Waals surface area contributed by atoms with Gasteiger partial charge in [-0.05, 0) is 6.92 Å². The summed E-state index contributed by atoms with van der Waals surface area (Å²) in [5.41, 5.74) is 1.30. The van der Waals surface area contributed by atoms with E-state index in [0.717, 1.165) is 0 Å². The maximum Gasteiger partial charge on any atom is 0.317 e. The van der Waals surface area contributed by atoms with E-state index >= 15 is 0 Å². The van der Waals surface area contributed by atoms with Gasteiger partial charge in [0.05, 0.1) is 18.8 Å². The molecule has 0 radical (unpaired) electrons. The summed E-state index contributed by atoms with van der Waals surface area (Å²) in [6, 6.07) is 0. The number of hydrogen-bond acceptors (Lipinski definition) is 4. The lowest BCUT2D eigenvalue weighted by Gasteiger charge is -2.17. The summed E-state index contributed by atoms with van der Waals surface area (Å²) in [5.74, 6) is -2.18. The fourth-order valence-corrected chi connectivity index (χ4v) is 1.86. The Hall–Kier alpha value is -1.60. The maximum atomic E-state index is 10.7. The zero-order valence-corrected chi connectivity index (χ0v) is 10.8. The maximum absolute atomic E-state index is 10.7. The van der Waals surface area contributed by atoms with E-state index < -0.39 is 11.9 Å². The van der Waals surface area contributed by atoms with Crippen molar-refractivity contribution >= 4 is 23.5 Å². The van der Waals surface area contributed by atoms with Crippen LogP contribution in [0.3, 0.4) is 0 Å². The number of halogens is 1. The van der Waals surface area contributed by atoms with E-state index in [0.29, 0.717) is 16.4 Å². The second-order valence-corrected chi connectivity index (χ2v) is 4.27. The molecule has 100 valence electrons. The molecular weight excluding hydrogens is 262 g/mol. The molecule has 0 unspecified atom stereocenters. The molecule has 2 N–H and O–H groups in total. The van der Waals surface area contributed by atoms with Crippen molar-refractivity contribution in [3.63, 3.8) is 0 Å². The standard InChI is InChI=1S/C10H14ClN3O4/c1-6-7(10(11)13(2)12-6)3-14(4-8(15)16)5-9(17)18/h3-5H2,1-2H3,(H,15,16)(H,17,18). The van der Waals surface area contributed by atoms with Gasteiger partial charge in [0, 0.05) is 19.2 Å². The first-order chi connectivity index (χ1) is 8.31. The van der Waals surface area contributed by atoms with Crippen molar-refractivity contribution in [2.75, 3.05) is 13.1 Å². The summed E-state index contributed by atoms with van der Waals surface area (Å²) in [5, 5.41) is 21.9. The van der Waals surface area contributed by atoms with E-state index in [9.17, 15) is 9.59 Å². The van der Waals surface area contributed by atoms with Crippen molar-refractivity contribution in [1.29, 1.82) is 0 Å². The first-order valence-corrected chi connectivity index (χ1v) is 5.53. The van der Waals surface area contributed by atoms with Crippen molar-refractivity contribution < 1.29 is 19.8 Å². The van der Waals surface area contributed by atoms with E-state index in [2.05, 4.69) is 5.10 Å². The van der Waals surface area contributed by atoms with Crippen LogP contribution in [-0.2, 0) is 23.2 Å². The van der Waals surface area contributed by atoms with Gasteiger partial charge in [-0.3, -0.25) is 19.2 Å². The van der Waals surface area contributed by atoms with Crippen LogP contribution in [0.15, 0.2) is 0 Å². The van der Waals surface area contributed by atoms with Crippen LogP contribution in [0.2, 0.25) is 5.15 Å². The van der Waals surface area contributed by atoms with Gasteiger partial charge in [-0.15, -0.1) is 0 Å². The Labute approximate surface area is 109 Å². The van der Waals surface area contributed by atoms with E-state index in [-0.39, 0.29) is 19.6 Å². The number of rotatable bonds is 6. The number of carboxylic acid groups (broad SMARTS) is 2. The molecule has 0 saturated carbocycles. The van der Waals surface area contributed by atoms with E-state index in [1.165, 1.54) is 9.58 Å². The summed E-state index contributed by atoms with van der Waals surface area (Å²) < 4.78 is 1.46. The third-order valence-corrected chi connectivity index (χ3v) is 2.84. The second-order valence-electron chi connectivity index (χ2n) is 3.91. The number of aromatic nitrogens is 2. The predicted molar refractivity (Wildman–Crippen MR) is 63.5 cm³/mol. The third kappa shape index (κ3) is 3.71. The molecule has 0 fully saturated rings. The molecule has 0 aliphatic carbocycles. The fraction of sp³-hybridized carbons (Fsp3) is 0.500. The first-order valence-electron chi connectivity index (χ1n) is 5.15. The van der Waals surface area contributed by atoms with Crippen LogP contribution in [0.25, 0.3) is 0 Å². The highest BCUT2D eigenvalue weighted by atomic mass is 35.5. The zero-order valence-electron chi connectivity index (χ0n) is 10.1. The summed E-state index contributed by atoms with van der Waals surface area (Å²) in [6.07, 6.45) is 0. The predicted octanol–water partition coefficient (Wildman–Crippen LogP) is 0.353. The largest absolute Gasteiger partial charge is 0.480 e. The van der Waals surface area contributed by atoms with Crippen molar-refractivity contribution in [3.8, 4) is 0 Å². The Morgan fingerprint density at radius 1 is 1.33 bits per heavy atom. The fourth-order valence-electron chi connectivity index (χ4n) is 1.63. The van der Waals surface area contributed by atoms with E-state index in [1.54, 1.807) is 14.0 Å². The van der Waals surface area contributed by atoms with Crippen LogP contribution in [0.4, 0.5) is 0 Å². The smallest absolute Gasteiger partial charge is 0.317 e. The monoisotopic (exact) mass is 275 g/mol. The highest BCUT2D eigenvalue weighted by molar-refractivity contribution is 6.30. The molecule has 0 aromatic carbocycles. The molecule has 1 aromatic rings. The van der Waals surface area contributed by atoms with Crippen LogP contribution in [0.1, 0.15) is 11.3 Å². The van der Waals surface area contributed by atoms with Gasteiger partial charge in [0.1, 0.15) is 5.15 Å². The van der Waals surface area contributed by atoms with Gasteiger partial charge in [0.2, 0.25) is 0 Å². The second kappa shape index (κ2) is 5.83. The molecule has 0 atom stereocenters. The topological polar surface area (TPSA) is 95.7 Å². The van der Waals surface area contributed by atoms with Crippen LogP contribution in [0.5, 0.6) is 0 Å². The third-order valence-electron chi connectivity index (χ3n) is 2.37. The normalized spacial score (nSPS) is 10.9. The number of carboxylic acids is 2. The molecular formula is C10H14ClN3O4. The van der Waals surface area contributed by atoms with Crippen LogP contribution in [-0.4, -0.2) is 49.9 Å². The molecule has 7 nitrogen and oxygen atoms in total. The Morgan fingerprint density at radius 2 is 1.83 bits per heavy atom. The molecule has 1 heterocycles. The van der Waals surface area contributed by atoms with Gasteiger partial charge in [-0.1, -0.05) is 11.6 Å². The van der Waals surface area contributed by atoms with Gasteiger partial charge in [-0.25, -0.2) is 0 Å². The molecule has 0 amide bonds. The number of hydrogen-bond donors (Lipinski definition) is 2. The number of carbonyl (C=O) groups is 2. The Kier molecular flexibility index (Phi) is 4.69. The minimum atomic E-state index is -1.09. The Morgan fingerprint density at radius 3 is 2.17 bits per heavy atom. The lowest BCUT2D eigenvalue weighted by atomic mass is 10.2. The zero-order chi connectivity index (χ0) is 13.9. The van der Waals surface area contributed by atoms with Crippen LogP contribution in [0, 0.1) is 6.92 Å². The molecule has 0 aliphatic heterocycles. The Bertz CT molecular complexity index is 456. The molecule has 0 aliphatic rings. The van der Waals surface area contributed by atoms with Gasteiger partial charge in [0.25, 0.3) is 0 Å². The number of aliphatic carboxylic acids is 2. The number of nitrogens with zero attached hydrogens (tertiary/aromatic N) is 3. The molecule has 8 heteroatoms. The van der Waals surface area contributed by atoms with Crippen LogP contribution < -0.4 is 0 Å². The summed E-state index contributed by atoms with van der Waals surface area (Å²) >= 11 is 6.01. The lowest BCUT2D eigenvalue weighted by Crippen LogP contribution is -2.34. The quantitative estimate of drug-likeness (QED) is 0.778. The Balaban J connectivity index is 2.88. The lowest BCUT2D eigenvalue weighted by molar-refractivity contribution is -0.142. The van der Waals surface area contributed by atoms with E-state index in [1.807, 2.05) is 0 Å². The highest BCUT2D eigenvalue weighted by Gasteiger charge is 2.19. The molecule has 0 bridgehead atoms. The van der Waals surface area contributed by atoms with Crippen molar-refractivity contribution in [2.45, 2.75) is 13.5 Å². The molecule has 1 aromatic heterocycles. The van der Waals surface area contributed by atoms with Crippen molar-refractivity contribution in [2.24, 2.45) is 7.05 Å². The van der Waals surface area contributed by atoms with Crippen LogP contribution >= 0.6 is 11.6 Å². The average molecular weight is 276 g/mol. The number of aryl methyl sites for hydroxylation is 2. The van der Waals surface area contributed by atoms with E-state index in [4.69, 9.17) is 21.8 Å². The minimum absolute atomic E-state index is 0.136. The molecule has 1 rings (SSSR count).